The largest absolute Gasteiger partial charge is 0.370 e. The van der Waals surface area contributed by atoms with Crippen molar-refractivity contribution in [1.82, 2.24) is 10.1 Å². The quantitative estimate of drug-likeness (QED) is 0.798. The summed E-state index contributed by atoms with van der Waals surface area (Å²) in [5, 5.41) is 4.16. The lowest BCUT2D eigenvalue weighted by molar-refractivity contribution is -0.120. The Morgan fingerprint density at radius 1 is 1.14 bits per heavy atom. The van der Waals surface area contributed by atoms with E-state index >= 15 is 0 Å². The van der Waals surface area contributed by atoms with Gasteiger partial charge in [0.05, 0.1) is 5.92 Å². The van der Waals surface area contributed by atoms with Crippen molar-refractivity contribution in [3.63, 3.8) is 0 Å². The minimum absolute atomic E-state index is 0.203. The number of hydrogen-bond donors (Lipinski definition) is 0. The van der Waals surface area contributed by atoms with Gasteiger partial charge in [0, 0.05) is 13.5 Å². The first-order chi connectivity index (χ1) is 10.2. The number of rotatable bonds is 3. The smallest absolute Gasteiger partial charge is 0.237 e. The topological polar surface area (TPSA) is 65.2 Å². The Balaban J connectivity index is 1.83. The Morgan fingerprint density at radius 2 is 1.90 bits per heavy atom. The van der Waals surface area contributed by atoms with Gasteiger partial charge in [-0.15, -0.1) is 0 Å². The summed E-state index contributed by atoms with van der Waals surface area (Å²) in [6.07, 6.45) is 9.98. The van der Waals surface area contributed by atoms with Gasteiger partial charge in [0.2, 0.25) is 11.7 Å². The Morgan fingerprint density at radius 3 is 2.67 bits per heavy atom. The zero-order chi connectivity index (χ0) is 14.7. The lowest BCUT2D eigenvalue weighted by Gasteiger charge is -2.32. The molecular weight excluding hydrogens is 268 g/mol. The summed E-state index contributed by atoms with van der Waals surface area (Å²) < 4.78 is 11.2. The van der Waals surface area contributed by atoms with Crippen molar-refractivity contribution < 1.29 is 14.1 Å². The molecule has 0 amide bonds. The molecule has 1 unspecified atom stereocenters. The fourth-order valence-corrected chi connectivity index (χ4v) is 3.62. The molecule has 1 heterocycles. The van der Waals surface area contributed by atoms with Gasteiger partial charge in [-0.05, 0) is 25.7 Å². The molecule has 21 heavy (non-hydrogen) atoms. The first-order valence-corrected chi connectivity index (χ1v) is 8.17. The number of methoxy groups -OCH3 is 1. The molecule has 2 aliphatic rings. The van der Waals surface area contributed by atoms with Crippen LogP contribution in [0.2, 0.25) is 0 Å². The molecule has 0 aromatic carbocycles. The van der Waals surface area contributed by atoms with E-state index in [0.29, 0.717) is 18.1 Å². The van der Waals surface area contributed by atoms with Gasteiger partial charge in [0.25, 0.3) is 0 Å². The van der Waals surface area contributed by atoms with Crippen LogP contribution in [-0.4, -0.2) is 23.0 Å². The van der Waals surface area contributed by atoms with Crippen molar-refractivity contribution in [2.75, 3.05) is 7.11 Å². The van der Waals surface area contributed by atoms with Crippen LogP contribution in [0.5, 0.6) is 0 Å². The van der Waals surface area contributed by atoms with Crippen LogP contribution < -0.4 is 0 Å². The van der Waals surface area contributed by atoms with E-state index in [1.165, 1.54) is 6.42 Å². The van der Waals surface area contributed by atoms with Crippen molar-refractivity contribution in [3.05, 3.63) is 11.7 Å². The van der Waals surface area contributed by atoms with Crippen LogP contribution in [0.15, 0.2) is 4.52 Å². The van der Waals surface area contributed by atoms with Gasteiger partial charge in [-0.25, -0.2) is 0 Å². The highest BCUT2D eigenvalue weighted by Gasteiger charge is 2.39. The van der Waals surface area contributed by atoms with Gasteiger partial charge in [0.1, 0.15) is 11.4 Å². The fourth-order valence-electron chi connectivity index (χ4n) is 3.62. The lowest BCUT2D eigenvalue weighted by atomic mass is 9.84. The Bertz CT molecular complexity index is 491. The van der Waals surface area contributed by atoms with Crippen molar-refractivity contribution in [2.45, 2.75) is 75.7 Å². The van der Waals surface area contributed by atoms with Crippen LogP contribution in [-0.2, 0) is 15.1 Å². The SMILES string of the molecule is COC1(c2noc(C3CCCCCC3=O)n2)CCCCC1. The highest BCUT2D eigenvalue weighted by atomic mass is 16.5. The number of carbonyl (C=O) groups excluding carboxylic acids is 1. The van der Waals surface area contributed by atoms with E-state index in [2.05, 4.69) is 10.1 Å². The van der Waals surface area contributed by atoms with Crippen molar-refractivity contribution in [2.24, 2.45) is 0 Å². The minimum Gasteiger partial charge on any atom is -0.370 e. The van der Waals surface area contributed by atoms with Crippen molar-refractivity contribution in [3.8, 4) is 0 Å². The summed E-state index contributed by atoms with van der Waals surface area (Å²) in [7, 11) is 1.72. The van der Waals surface area contributed by atoms with Gasteiger partial charge in [-0.2, -0.15) is 4.98 Å². The summed E-state index contributed by atoms with van der Waals surface area (Å²) >= 11 is 0. The van der Waals surface area contributed by atoms with Crippen molar-refractivity contribution in [1.29, 1.82) is 0 Å². The van der Waals surface area contributed by atoms with Gasteiger partial charge in [-0.3, -0.25) is 4.79 Å². The molecule has 116 valence electrons. The molecule has 2 saturated carbocycles. The Kier molecular flexibility index (Phi) is 4.38. The van der Waals surface area contributed by atoms with Gasteiger partial charge < -0.3 is 9.26 Å². The van der Waals surface area contributed by atoms with E-state index in [4.69, 9.17) is 9.26 Å². The predicted molar refractivity (Wildman–Crippen MR) is 76.9 cm³/mol. The number of ketones is 1. The van der Waals surface area contributed by atoms with Crippen LogP contribution in [0, 0.1) is 0 Å². The summed E-state index contributed by atoms with van der Waals surface area (Å²) in [5.41, 5.74) is -0.409. The minimum atomic E-state index is -0.409. The maximum Gasteiger partial charge on any atom is 0.237 e. The molecule has 2 fully saturated rings. The maximum atomic E-state index is 12.2. The van der Waals surface area contributed by atoms with Gasteiger partial charge in [-0.1, -0.05) is 37.3 Å². The first kappa shape index (κ1) is 14.7. The molecule has 5 nitrogen and oxygen atoms in total. The number of nitrogens with zero attached hydrogens (tertiary/aromatic N) is 2. The summed E-state index contributed by atoms with van der Waals surface area (Å²) in [5.74, 6) is 1.18. The van der Waals surface area contributed by atoms with Crippen LogP contribution in [0.25, 0.3) is 0 Å². The number of aromatic nitrogens is 2. The zero-order valence-electron chi connectivity index (χ0n) is 12.8. The third-order valence-corrected chi connectivity index (χ3v) is 5.00. The lowest BCUT2D eigenvalue weighted by Crippen LogP contribution is -2.32. The van der Waals surface area contributed by atoms with E-state index in [1.807, 2.05) is 0 Å². The molecule has 3 rings (SSSR count). The average molecular weight is 292 g/mol. The van der Waals surface area contributed by atoms with E-state index in [1.54, 1.807) is 7.11 Å². The third kappa shape index (κ3) is 2.89. The molecule has 0 saturated heterocycles. The van der Waals surface area contributed by atoms with Gasteiger partial charge in [0.15, 0.2) is 0 Å². The van der Waals surface area contributed by atoms with Crippen LogP contribution >= 0.6 is 0 Å². The molecule has 0 aliphatic heterocycles. The molecule has 1 atom stereocenters. The van der Waals surface area contributed by atoms with E-state index in [0.717, 1.165) is 51.4 Å². The van der Waals surface area contributed by atoms with Gasteiger partial charge >= 0.3 is 0 Å². The summed E-state index contributed by atoms with van der Waals surface area (Å²) in [4.78, 5) is 16.8. The normalized spacial score (nSPS) is 26.5. The Hall–Kier alpha value is -1.23. The summed E-state index contributed by atoms with van der Waals surface area (Å²) in [6, 6.07) is 0. The average Bonchev–Trinajstić information content (AvgIpc) is 2.92. The molecule has 0 N–H and O–H groups in total. The fraction of sp³-hybridized carbons (Fsp3) is 0.812. The second kappa shape index (κ2) is 6.26. The molecule has 5 heteroatoms. The molecule has 0 bridgehead atoms. The Labute approximate surface area is 125 Å². The van der Waals surface area contributed by atoms with Crippen LogP contribution in [0.3, 0.4) is 0 Å². The highest BCUT2D eigenvalue weighted by molar-refractivity contribution is 5.84. The number of hydrogen-bond acceptors (Lipinski definition) is 5. The highest BCUT2D eigenvalue weighted by Crippen LogP contribution is 2.39. The number of carbonyl (C=O) groups is 1. The summed E-state index contributed by atoms with van der Waals surface area (Å²) in [6.45, 7) is 0. The third-order valence-electron chi connectivity index (χ3n) is 5.00. The second-order valence-corrected chi connectivity index (χ2v) is 6.33. The maximum absolute atomic E-state index is 12.2. The molecular formula is C16H24N2O3. The van der Waals surface area contributed by atoms with E-state index in [-0.39, 0.29) is 11.7 Å². The molecule has 0 radical (unpaired) electrons. The first-order valence-electron chi connectivity index (χ1n) is 8.17. The molecule has 1 aromatic rings. The van der Waals surface area contributed by atoms with E-state index < -0.39 is 5.60 Å². The molecule has 0 spiro atoms. The monoisotopic (exact) mass is 292 g/mol. The van der Waals surface area contributed by atoms with Crippen LogP contribution in [0.4, 0.5) is 0 Å². The molecule has 2 aliphatic carbocycles. The standard InChI is InChI=1S/C16H24N2O3/c1-20-16(10-6-3-7-11-16)15-17-14(21-18-15)12-8-4-2-5-9-13(12)19/h12H,2-11H2,1H3. The van der Waals surface area contributed by atoms with E-state index in [9.17, 15) is 4.79 Å². The molecule has 1 aromatic heterocycles. The second-order valence-electron chi connectivity index (χ2n) is 6.33. The number of ether oxygens (including phenoxy) is 1. The van der Waals surface area contributed by atoms with Crippen molar-refractivity contribution >= 4 is 5.78 Å². The van der Waals surface area contributed by atoms with Crippen LogP contribution in [0.1, 0.15) is 81.8 Å². The number of Topliss-reactive ketones (excluding diaryl/α,β-unsaturated/α-hetero) is 1. The predicted octanol–water partition coefficient (Wildman–Crippen LogP) is 3.49. The zero-order valence-corrected chi connectivity index (χ0v) is 12.8.